The standard InChI is InChI=1S/C39H62N8O3.C14H15N3O4/c1-30(2)13-24-50-31(3)7-12-36(48)41-19-6-18-40-34-25-35(43-29-42-34)46-22-16-39(17-23-46)28-47(27-37(49)44-39)33-10-8-32(9-11-33)26-45-20-14-38(4,5)15-21-45;1-8-3-2-4-9(15)12(8)14(21)17(7-18)10-5-6-11(19)16-13(10)20/h8-11,25,29-31H,6-7,12-24,26-28H2,1-5H3,(H,41,48)(H,44,49)(H,40,42,43);2-4,7,10H,5-6,15H2,1H3,(H,16,19,20). The summed E-state index contributed by atoms with van der Waals surface area (Å²) in [7, 11) is 0. The van der Waals surface area contributed by atoms with E-state index < -0.39 is 23.8 Å². The molecule has 5 heterocycles. The number of carbonyl (C=O) groups is 6. The number of amides is 6. The van der Waals surface area contributed by atoms with E-state index >= 15 is 0 Å². The van der Waals surface area contributed by atoms with Crippen molar-refractivity contribution in [3.05, 3.63) is 71.5 Å². The van der Waals surface area contributed by atoms with Crippen LogP contribution in [0.5, 0.6) is 0 Å². The molecule has 4 aliphatic heterocycles. The molecule has 7 rings (SSSR count). The quantitative estimate of drug-likeness (QED) is 0.0451. The number of piperazine rings is 1. The lowest BCUT2D eigenvalue weighted by Gasteiger charge is -2.48. The van der Waals surface area contributed by atoms with Crippen LogP contribution in [0.25, 0.3) is 0 Å². The Hall–Kier alpha value is -6.14. The number of nitrogen functional groups attached to an aromatic ring is 1. The first kappa shape index (κ1) is 54.2. The summed E-state index contributed by atoms with van der Waals surface area (Å²) in [5.74, 6) is 0.746. The number of imide groups is 2. The average Bonchev–Trinajstić information content (AvgIpc) is 3.33. The number of hydrogen-bond acceptors (Lipinski definition) is 14. The van der Waals surface area contributed by atoms with Crippen LogP contribution in [0, 0.1) is 18.3 Å². The van der Waals surface area contributed by atoms with Gasteiger partial charge in [0.2, 0.25) is 30.0 Å². The normalized spacial score (nSPS) is 19.3. The van der Waals surface area contributed by atoms with E-state index in [1.165, 1.54) is 18.4 Å². The maximum atomic E-state index is 13.0. The van der Waals surface area contributed by atoms with E-state index in [0.29, 0.717) is 49.4 Å². The minimum absolute atomic E-state index is 0.0687. The van der Waals surface area contributed by atoms with Gasteiger partial charge in [0.05, 0.1) is 23.8 Å². The minimum Gasteiger partial charge on any atom is -0.398 e. The van der Waals surface area contributed by atoms with Crippen LogP contribution in [-0.4, -0.2) is 132 Å². The van der Waals surface area contributed by atoms with Crippen LogP contribution in [0.3, 0.4) is 0 Å². The molecule has 1 aromatic heterocycles. The number of benzene rings is 2. The van der Waals surface area contributed by atoms with Crippen LogP contribution < -0.4 is 36.8 Å². The third kappa shape index (κ3) is 15.9. The van der Waals surface area contributed by atoms with Crippen molar-refractivity contribution in [1.29, 1.82) is 0 Å². The second-order valence-electron chi connectivity index (χ2n) is 20.9. The molecule has 1 spiro atoms. The van der Waals surface area contributed by atoms with E-state index in [0.717, 1.165) is 100 Å². The molecule has 18 nitrogen and oxygen atoms in total. The largest absolute Gasteiger partial charge is 0.398 e. The fourth-order valence-corrected chi connectivity index (χ4v) is 9.47. The highest BCUT2D eigenvalue weighted by Crippen LogP contribution is 2.33. The Balaban J connectivity index is 0.000000327. The summed E-state index contributed by atoms with van der Waals surface area (Å²) in [6.45, 7) is 21.0. The number of likely N-dealkylation sites (tertiary alicyclic amines) is 1. The van der Waals surface area contributed by atoms with Crippen molar-refractivity contribution in [1.82, 2.24) is 35.7 Å². The molecule has 0 aliphatic carbocycles. The number of nitrogens with zero attached hydrogens (tertiary/aromatic N) is 6. The van der Waals surface area contributed by atoms with Gasteiger partial charge in [0.15, 0.2) is 0 Å². The zero-order valence-corrected chi connectivity index (χ0v) is 42.8. The minimum atomic E-state index is -0.994. The lowest BCUT2D eigenvalue weighted by Crippen LogP contribution is -2.66. The number of rotatable bonds is 19. The molecule has 4 aliphatic rings. The molecule has 71 heavy (non-hydrogen) atoms. The van der Waals surface area contributed by atoms with Gasteiger partial charge in [-0.1, -0.05) is 52.0 Å². The van der Waals surface area contributed by atoms with Crippen LogP contribution in [0.4, 0.5) is 23.0 Å². The number of piperidine rings is 3. The van der Waals surface area contributed by atoms with Crippen molar-refractivity contribution < 1.29 is 33.5 Å². The Bertz CT molecular complexity index is 2270. The van der Waals surface area contributed by atoms with Gasteiger partial charge < -0.3 is 36.2 Å². The average molecular weight is 980 g/mol. The number of nitrogens with two attached hydrogens (primary N) is 1. The Morgan fingerprint density at radius 1 is 0.944 bits per heavy atom. The van der Waals surface area contributed by atoms with Crippen molar-refractivity contribution in [2.45, 2.75) is 130 Å². The molecule has 6 amide bonds. The molecule has 4 saturated heterocycles. The SMILES string of the molecule is CC(C)CCOC(C)CCC(=O)NCCCNc1cc(N2CCC3(CC2)CN(c2ccc(CN4CCC(C)(C)CC4)cc2)CC(=O)N3)ncn1.Cc1cccc(N)c1C(=O)N(C=O)C1CCC(=O)NC1=O. The van der Waals surface area contributed by atoms with E-state index in [2.05, 4.69) is 97.9 Å². The fraction of sp³-hybridized carbons (Fsp3) is 0.585. The number of anilines is 4. The summed E-state index contributed by atoms with van der Waals surface area (Å²) >= 11 is 0. The summed E-state index contributed by atoms with van der Waals surface area (Å²) in [5.41, 5.74) is 9.48. The Morgan fingerprint density at radius 3 is 2.35 bits per heavy atom. The number of ether oxygens (including phenoxy) is 1. The molecule has 6 N–H and O–H groups in total. The zero-order valence-electron chi connectivity index (χ0n) is 42.8. The van der Waals surface area contributed by atoms with Gasteiger partial charge in [-0.25, -0.2) is 9.97 Å². The molecule has 2 aromatic carbocycles. The Morgan fingerprint density at radius 2 is 1.68 bits per heavy atom. The third-order valence-corrected chi connectivity index (χ3v) is 14.1. The topological polar surface area (TPSA) is 225 Å². The van der Waals surface area contributed by atoms with Gasteiger partial charge in [0, 0.05) is 76.2 Å². The number of nitrogens with one attached hydrogen (secondary N) is 4. The summed E-state index contributed by atoms with van der Waals surface area (Å²) in [5, 5.41) is 11.9. The molecule has 386 valence electrons. The van der Waals surface area contributed by atoms with Gasteiger partial charge in [0.1, 0.15) is 24.0 Å². The first-order valence-electron chi connectivity index (χ1n) is 25.5. The predicted octanol–water partition coefficient (Wildman–Crippen LogP) is 5.20. The monoisotopic (exact) mass is 980 g/mol. The van der Waals surface area contributed by atoms with Gasteiger partial charge in [-0.15, -0.1) is 0 Å². The number of aromatic nitrogens is 2. The van der Waals surface area contributed by atoms with Crippen molar-refractivity contribution >= 4 is 59.0 Å². The smallest absolute Gasteiger partial charge is 0.263 e. The summed E-state index contributed by atoms with van der Waals surface area (Å²) in [6.07, 6.45) is 9.47. The van der Waals surface area contributed by atoms with Gasteiger partial charge in [-0.3, -0.25) is 43.9 Å². The molecule has 0 saturated carbocycles. The van der Waals surface area contributed by atoms with Gasteiger partial charge in [0.25, 0.3) is 5.91 Å². The van der Waals surface area contributed by atoms with Crippen LogP contribution in [-0.2, 0) is 35.3 Å². The van der Waals surface area contributed by atoms with Crippen LogP contribution in [0.2, 0.25) is 0 Å². The van der Waals surface area contributed by atoms with E-state index in [1.54, 1.807) is 31.5 Å². The van der Waals surface area contributed by atoms with Crippen molar-refractivity contribution in [3.8, 4) is 0 Å². The molecule has 3 aromatic rings. The van der Waals surface area contributed by atoms with Gasteiger partial charge >= 0.3 is 0 Å². The summed E-state index contributed by atoms with van der Waals surface area (Å²) in [6, 6.07) is 14.8. The molecular weight excluding hydrogens is 903 g/mol. The molecule has 2 atom stereocenters. The predicted molar refractivity (Wildman–Crippen MR) is 276 cm³/mol. The molecule has 0 radical (unpaired) electrons. The van der Waals surface area contributed by atoms with Crippen LogP contribution in [0.1, 0.15) is 120 Å². The number of carbonyl (C=O) groups excluding carboxylic acids is 6. The third-order valence-electron chi connectivity index (χ3n) is 14.1. The number of hydrogen-bond donors (Lipinski definition) is 5. The zero-order chi connectivity index (χ0) is 51.1. The Kier molecular flexibility index (Phi) is 19.3. The van der Waals surface area contributed by atoms with E-state index in [9.17, 15) is 28.8 Å². The van der Waals surface area contributed by atoms with E-state index in [-0.39, 0.29) is 47.5 Å². The first-order valence-corrected chi connectivity index (χ1v) is 25.5. The lowest BCUT2D eigenvalue weighted by molar-refractivity contribution is -0.139. The van der Waals surface area contributed by atoms with Crippen molar-refractivity contribution in [2.24, 2.45) is 11.3 Å². The molecule has 0 bridgehead atoms. The second-order valence-corrected chi connectivity index (χ2v) is 20.9. The first-order chi connectivity index (χ1) is 33.9. The van der Waals surface area contributed by atoms with E-state index in [4.69, 9.17) is 10.5 Å². The van der Waals surface area contributed by atoms with Crippen molar-refractivity contribution in [2.75, 3.05) is 79.8 Å². The maximum Gasteiger partial charge on any atom is 0.263 e. The maximum absolute atomic E-state index is 13.0. The molecule has 18 heteroatoms. The Labute approximate surface area is 419 Å². The highest BCUT2D eigenvalue weighted by atomic mass is 16.5. The highest BCUT2D eigenvalue weighted by molar-refractivity contribution is 6.09. The van der Waals surface area contributed by atoms with Gasteiger partial charge in [-0.05, 0) is 119 Å². The van der Waals surface area contributed by atoms with Gasteiger partial charge in [-0.2, -0.15) is 0 Å². The van der Waals surface area contributed by atoms with Crippen LogP contribution >= 0.6 is 0 Å². The summed E-state index contributed by atoms with van der Waals surface area (Å²) in [4.78, 5) is 88.8. The highest BCUT2D eigenvalue weighted by Gasteiger charge is 2.42. The fourth-order valence-electron chi connectivity index (χ4n) is 9.47. The van der Waals surface area contributed by atoms with E-state index in [1.807, 2.05) is 13.0 Å². The lowest BCUT2D eigenvalue weighted by atomic mass is 9.82. The molecule has 2 unspecified atom stereocenters. The molecular formula is C53H77N11O7. The summed E-state index contributed by atoms with van der Waals surface area (Å²) < 4.78 is 5.80. The molecule has 4 fully saturated rings. The van der Waals surface area contributed by atoms with Crippen LogP contribution in [0.15, 0.2) is 54.9 Å². The number of aryl methyl sites for hydroxylation is 1. The second kappa shape index (κ2) is 25.3. The van der Waals surface area contributed by atoms with Crippen molar-refractivity contribution in [3.63, 3.8) is 0 Å².